The lowest BCUT2D eigenvalue weighted by molar-refractivity contribution is 0.331. The van der Waals surface area contributed by atoms with Crippen molar-refractivity contribution >= 4 is 11.3 Å². The number of likely N-dealkylation sites (tertiary alicyclic amines) is 1. The molecule has 0 spiro atoms. The van der Waals surface area contributed by atoms with Gasteiger partial charge in [-0.1, -0.05) is 0 Å². The van der Waals surface area contributed by atoms with Crippen LogP contribution in [0, 0.1) is 11.3 Å². The average Bonchev–Trinajstić information content (AvgIpc) is 2.79. The monoisotopic (exact) mass is 207 g/mol. The van der Waals surface area contributed by atoms with Crippen LogP contribution in [0.3, 0.4) is 0 Å². The standard InChI is InChI=1S/C10H13N3S/c11-4-3-9-7-12-10(14-9)8-13-5-1-2-6-13/h7H,1-3,5-6,8H2. The zero-order valence-corrected chi connectivity index (χ0v) is 8.89. The highest BCUT2D eigenvalue weighted by atomic mass is 32.1. The summed E-state index contributed by atoms with van der Waals surface area (Å²) in [4.78, 5) is 7.83. The van der Waals surface area contributed by atoms with E-state index in [-0.39, 0.29) is 0 Å². The maximum absolute atomic E-state index is 8.53. The van der Waals surface area contributed by atoms with Crippen LogP contribution in [-0.2, 0) is 13.0 Å². The fraction of sp³-hybridized carbons (Fsp3) is 0.600. The van der Waals surface area contributed by atoms with Crippen molar-refractivity contribution in [2.45, 2.75) is 25.8 Å². The van der Waals surface area contributed by atoms with Crippen LogP contribution in [0.2, 0.25) is 0 Å². The fourth-order valence-electron chi connectivity index (χ4n) is 1.71. The van der Waals surface area contributed by atoms with Gasteiger partial charge < -0.3 is 0 Å². The highest BCUT2D eigenvalue weighted by molar-refractivity contribution is 7.11. The first-order valence-corrected chi connectivity index (χ1v) is 5.73. The van der Waals surface area contributed by atoms with E-state index < -0.39 is 0 Å². The minimum absolute atomic E-state index is 0.498. The van der Waals surface area contributed by atoms with Gasteiger partial charge in [0.25, 0.3) is 0 Å². The second kappa shape index (κ2) is 4.54. The van der Waals surface area contributed by atoms with E-state index in [9.17, 15) is 0 Å². The molecule has 3 nitrogen and oxygen atoms in total. The molecule has 0 N–H and O–H groups in total. The molecule has 2 rings (SSSR count). The topological polar surface area (TPSA) is 39.9 Å². The summed E-state index contributed by atoms with van der Waals surface area (Å²) in [6.07, 6.45) is 4.96. The fourth-order valence-corrected chi connectivity index (χ4v) is 2.61. The molecule has 1 fully saturated rings. The van der Waals surface area contributed by atoms with E-state index in [0.29, 0.717) is 6.42 Å². The molecule has 1 saturated heterocycles. The van der Waals surface area contributed by atoms with Gasteiger partial charge >= 0.3 is 0 Å². The Hall–Kier alpha value is -0.920. The minimum atomic E-state index is 0.498. The lowest BCUT2D eigenvalue weighted by Crippen LogP contribution is -2.17. The quantitative estimate of drug-likeness (QED) is 0.759. The molecule has 0 unspecified atom stereocenters. The molecule has 0 saturated carbocycles. The summed E-state index contributed by atoms with van der Waals surface area (Å²) < 4.78 is 0. The van der Waals surface area contributed by atoms with Gasteiger partial charge in [-0.25, -0.2) is 4.98 Å². The van der Waals surface area contributed by atoms with E-state index in [1.54, 1.807) is 11.3 Å². The molecule has 0 bridgehead atoms. The molecule has 0 radical (unpaired) electrons. The van der Waals surface area contributed by atoms with Gasteiger partial charge in [0.15, 0.2) is 0 Å². The van der Waals surface area contributed by atoms with E-state index in [0.717, 1.165) is 16.4 Å². The maximum atomic E-state index is 8.53. The Morgan fingerprint density at radius 3 is 3.00 bits per heavy atom. The van der Waals surface area contributed by atoms with Gasteiger partial charge in [0.1, 0.15) is 5.01 Å². The Morgan fingerprint density at radius 2 is 2.29 bits per heavy atom. The largest absolute Gasteiger partial charge is 0.297 e. The summed E-state index contributed by atoms with van der Waals surface area (Å²) in [6, 6.07) is 2.15. The minimum Gasteiger partial charge on any atom is -0.297 e. The normalized spacial score (nSPS) is 17.1. The highest BCUT2D eigenvalue weighted by Gasteiger charge is 2.13. The number of rotatable bonds is 3. The van der Waals surface area contributed by atoms with Crippen molar-refractivity contribution in [3.05, 3.63) is 16.1 Å². The van der Waals surface area contributed by atoms with Gasteiger partial charge in [-0.3, -0.25) is 4.90 Å². The molecule has 0 atom stereocenters. The molecule has 1 aliphatic rings. The van der Waals surface area contributed by atoms with E-state index in [1.807, 2.05) is 6.20 Å². The van der Waals surface area contributed by atoms with Crippen LogP contribution < -0.4 is 0 Å². The summed E-state index contributed by atoms with van der Waals surface area (Å²) in [5, 5.41) is 9.68. The Labute approximate surface area is 88.0 Å². The van der Waals surface area contributed by atoms with Crippen molar-refractivity contribution in [3.8, 4) is 6.07 Å². The molecule has 0 aliphatic carbocycles. The molecule has 1 aromatic heterocycles. The van der Waals surface area contributed by atoms with E-state index in [1.165, 1.54) is 25.9 Å². The van der Waals surface area contributed by atoms with Gasteiger partial charge in [-0.2, -0.15) is 5.26 Å². The van der Waals surface area contributed by atoms with Crippen molar-refractivity contribution in [2.75, 3.05) is 13.1 Å². The van der Waals surface area contributed by atoms with Gasteiger partial charge in [0.2, 0.25) is 0 Å². The zero-order valence-electron chi connectivity index (χ0n) is 8.07. The summed E-state index contributed by atoms with van der Waals surface area (Å²) >= 11 is 1.67. The van der Waals surface area contributed by atoms with Gasteiger partial charge in [-0.15, -0.1) is 11.3 Å². The summed E-state index contributed by atoms with van der Waals surface area (Å²) in [6.45, 7) is 3.37. The van der Waals surface area contributed by atoms with Gasteiger partial charge in [0, 0.05) is 11.1 Å². The molecule has 4 heteroatoms. The number of hydrogen-bond acceptors (Lipinski definition) is 4. The van der Waals surface area contributed by atoms with Crippen LogP contribution >= 0.6 is 11.3 Å². The maximum Gasteiger partial charge on any atom is 0.107 e. The lowest BCUT2D eigenvalue weighted by Gasteiger charge is -2.11. The lowest BCUT2D eigenvalue weighted by atomic mass is 10.4. The first-order chi connectivity index (χ1) is 6.88. The molecule has 74 valence electrons. The zero-order chi connectivity index (χ0) is 9.80. The highest BCUT2D eigenvalue weighted by Crippen LogP contribution is 2.17. The third-order valence-electron chi connectivity index (χ3n) is 2.41. The summed E-state index contributed by atoms with van der Waals surface area (Å²) in [5.41, 5.74) is 0. The number of thiazole rings is 1. The van der Waals surface area contributed by atoms with Crippen molar-refractivity contribution in [1.82, 2.24) is 9.88 Å². The predicted octanol–water partition coefficient (Wildman–Crippen LogP) is 1.80. The third kappa shape index (κ3) is 2.31. The van der Waals surface area contributed by atoms with Crippen LogP contribution in [0.5, 0.6) is 0 Å². The second-order valence-corrected chi connectivity index (χ2v) is 4.74. The molecule has 0 amide bonds. The van der Waals surface area contributed by atoms with E-state index >= 15 is 0 Å². The van der Waals surface area contributed by atoms with Gasteiger partial charge in [0.05, 0.1) is 19.0 Å². The smallest absolute Gasteiger partial charge is 0.107 e. The van der Waals surface area contributed by atoms with Crippen LogP contribution in [0.4, 0.5) is 0 Å². The Morgan fingerprint density at radius 1 is 1.50 bits per heavy atom. The third-order valence-corrected chi connectivity index (χ3v) is 3.39. The Balaban J connectivity index is 1.92. The number of aromatic nitrogens is 1. The van der Waals surface area contributed by atoms with E-state index in [4.69, 9.17) is 5.26 Å². The van der Waals surface area contributed by atoms with Crippen LogP contribution in [0.1, 0.15) is 22.7 Å². The van der Waals surface area contributed by atoms with Crippen molar-refractivity contribution in [3.63, 3.8) is 0 Å². The summed E-state index contributed by atoms with van der Waals surface area (Å²) in [5.74, 6) is 0. The van der Waals surface area contributed by atoms with Crippen molar-refractivity contribution in [2.24, 2.45) is 0 Å². The predicted molar refractivity (Wildman–Crippen MR) is 55.9 cm³/mol. The van der Waals surface area contributed by atoms with Gasteiger partial charge in [-0.05, 0) is 25.9 Å². The first-order valence-electron chi connectivity index (χ1n) is 4.91. The molecule has 0 aromatic carbocycles. The van der Waals surface area contributed by atoms with Crippen molar-refractivity contribution < 1.29 is 0 Å². The number of nitriles is 1. The molecular weight excluding hydrogens is 194 g/mol. The number of nitrogens with zero attached hydrogens (tertiary/aromatic N) is 3. The van der Waals surface area contributed by atoms with Crippen LogP contribution in [0.15, 0.2) is 6.20 Å². The number of hydrogen-bond donors (Lipinski definition) is 0. The summed E-state index contributed by atoms with van der Waals surface area (Å²) in [7, 11) is 0. The Kier molecular flexibility index (Phi) is 3.12. The molecular formula is C10H13N3S. The average molecular weight is 207 g/mol. The molecule has 14 heavy (non-hydrogen) atoms. The van der Waals surface area contributed by atoms with Crippen molar-refractivity contribution in [1.29, 1.82) is 5.26 Å². The molecule has 2 heterocycles. The van der Waals surface area contributed by atoms with Crippen LogP contribution in [-0.4, -0.2) is 23.0 Å². The SMILES string of the molecule is N#CCc1cnc(CN2CCCC2)s1. The Bertz CT molecular complexity index is 333. The molecule has 1 aliphatic heterocycles. The van der Waals surface area contributed by atoms with Crippen LogP contribution in [0.25, 0.3) is 0 Å². The molecule has 1 aromatic rings. The second-order valence-electron chi connectivity index (χ2n) is 3.54. The van der Waals surface area contributed by atoms with E-state index in [2.05, 4.69) is 16.0 Å². The first kappa shape index (κ1) is 9.63.